The van der Waals surface area contributed by atoms with Gasteiger partial charge in [0.2, 0.25) is 0 Å². The second-order valence-corrected chi connectivity index (χ2v) is 4.72. The molecule has 1 unspecified atom stereocenters. The van der Waals surface area contributed by atoms with Crippen LogP contribution >= 0.6 is 0 Å². The first-order valence-electron chi connectivity index (χ1n) is 6.84. The summed E-state index contributed by atoms with van der Waals surface area (Å²) in [5.74, 6) is -0.946. The Kier molecular flexibility index (Phi) is 5.09. The van der Waals surface area contributed by atoms with Gasteiger partial charge in [-0.05, 0) is 17.7 Å². The lowest BCUT2D eigenvalue weighted by Crippen LogP contribution is -2.29. The van der Waals surface area contributed by atoms with Gasteiger partial charge in [0.15, 0.2) is 0 Å². The molecule has 22 heavy (non-hydrogen) atoms. The molecule has 0 spiro atoms. The fourth-order valence-electron chi connectivity index (χ4n) is 1.88. The summed E-state index contributed by atoms with van der Waals surface area (Å²) in [6.07, 6.45) is 0.305. The molecule has 0 aromatic heterocycles. The third-order valence-corrected chi connectivity index (χ3v) is 3.06. The first kappa shape index (κ1) is 15.5. The van der Waals surface area contributed by atoms with Gasteiger partial charge in [0.05, 0.1) is 23.8 Å². The van der Waals surface area contributed by atoms with E-state index in [1.54, 1.807) is 31.2 Å². The average molecular weight is 301 g/mol. The maximum absolute atomic E-state index is 11.6. The Labute approximate surface area is 127 Å². The highest BCUT2D eigenvalue weighted by Crippen LogP contribution is 2.19. The van der Waals surface area contributed by atoms with Crippen LogP contribution in [0.15, 0.2) is 29.4 Å². The number of hydrogen-bond donors (Lipinski definition) is 1. The number of amides is 1. The molecule has 1 N–H and O–H groups in total. The number of nitrogens with zero attached hydrogens (tertiary/aromatic N) is 2. The van der Waals surface area contributed by atoms with Crippen molar-refractivity contribution in [2.24, 2.45) is 5.16 Å². The van der Waals surface area contributed by atoms with Crippen LogP contribution in [0.1, 0.15) is 37.3 Å². The number of hydroxylamine groups is 1. The molecular formula is C15H15N3O4. The molecular weight excluding hydrogens is 286 g/mol. The van der Waals surface area contributed by atoms with Crippen molar-refractivity contribution in [2.75, 3.05) is 0 Å². The van der Waals surface area contributed by atoms with E-state index in [1.807, 2.05) is 6.07 Å². The van der Waals surface area contributed by atoms with Gasteiger partial charge >= 0.3 is 5.97 Å². The first-order chi connectivity index (χ1) is 10.6. The summed E-state index contributed by atoms with van der Waals surface area (Å²) in [6.45, 7) is 1.63. The molecule has 7 heteroatoms. The zero-order chi connectivity index (χ0) is 15.9. The van der Waals surface area contributed by atoms with Crippen molar-refractivity contribution in [3.8, 4) is 6.07 Å². The van der Waals surface area contributed by atoms with Crippen molar-refractivity contribution in [3.63, 3.8) is 0 Å². The van der Waals surface area contributed by atoms with Crippen molar-refractivity contribution >= 4 is 17.6 Å². The van der Waals surface area contributed by atoms with Gasteiger partial charge < -0.3 is 9.68 Å². The van der Waals surface area contributed by atoms with Crippen LogP contribution in [-0.4, -0.2) is 23.7 Å². The summed E-state index contributed by atoms with van der Waals surface area (Å²) in [5.41, 5.74) is 4.20. The third-order valence-electron chi connectivity index (χ3n) is 3.06. The van der Waals surface area contributed by atoms with Gasteiger partial charge in [0.25, 0.3) is 5.91 Å². The first-order valence-corrected chi connectivity index (χ1v) is 6.84. The van der Waals surface area contributed by atoms with Gasteiger partial charge in [-0.3, -0.25) is 4.79 Å². The van der Waals surface area contributed by atoms with Gasteiger partial charge in [0.1, 0.15) is 6.10 Å². The molecule has 1 aromatic rings. The van der Waals surface area contributed by atoms with Crippen molar-refractivity contribution in [1.29, 1.82) is 5.26 Å². The topological polar surface area (TPSA) is 101 Å². The highest BCUT2D eigenvalue weighted by atomic mass is 16.7. The maximum atomic E-state index is 11.6. The molecule has 1 amide bonds. The Hall–Kier alpha value is -2.88. The normalized spacial score (nSPS) is 16.2. The number of benzene rings is 1. The standard InChI is InChI=1S/C15H15N3O4/c1-2-15(20)22-18-14(19)8-12-7-13(17-21-12)11-5-3-10(9-16)4-6-11/h3-6,12H,2,7-8H2,1H3,(H,18,19). The number of carbonyl (C=O) groups excluding carboxylic acids is 2. The highest BCUT2D eigenvalue weighted by molar-refractivity contribution is 6.01. The van der Waals surface area contributed by atoms with Crippen molar-refractivity contribution < 1.29 is 19.3 Å². The Balaban J connectivity index is 1.82. The molecule has 7 nitrogen and oxygen atoms in total. The third kappa shape index (κ3) is 4.06. The van der Waals surface area contributed by atoms with Crippen LogP contribution in [0.25, 0.3) is 0 Å². The van der Waals surface area contributed by atoms with Gasteiger partial charge in [0, 0.05) is 12.8 Å². The summed E-state index contributed by atoms with van der Waals surface area (Å²) in [4.78, 5) is 32.3. The van der Waals surface area contributed by atoms with Crippen molar-refractivity contribution in [1.82, 2.24) is 5.48 Å². The second-order valence-electron chi connectivity index (χ2n) is 4.72. The molecule has 114 valence electrons. The van der Waals surface area contributed by atoms with Crippen molar-refractivity contribution in [3.05, 3.63) is 35.4 Å². The molecule has 1 aliphatic rings. The van der Waals surface area contributed by atoms with E-state index in [2.05, 4.69) is 15.5 Å². The summed E-state index contributed by atoms with van der Waals surface area (Å²) in [7, 11) is 0. The predicted molar refractivity (Wildman–Crippen MR) is 76.3 cm³/mol. The second kappa shape index (κ2) is 7.22. The van der Waals surface area contributed by atoms with Crippen LogP contribution in [0, 0.1) is 11.3 Å². The largest absolute Gasteiger partial charge is 0.391 e. The van der Waals surface area contributed by atoms with E-state index in [-0.39, 0.29) is 12.8 Å². The van der Waals surface area contributed by atoms with Crippen LogP contribution < -0.4 is 5.48 Å². The summed E-state index contributed by atoms with van der Waals surface area (Å²) < 4.78 is 0. The monoisotopic (exact) mass is 301 g/mol. The van der Waals surface area contributed by atoms with Crippen LogP contribution in [0.5, 0.6) is 0 Å². The van der Waals surface area contributed by atoms with Crippen LogP contribution in [0.4, 0.5) is 0 Å². The predicted octanol–water partition coefficient (Wildman–Crippen LogP) is 1.43. The number of rotatable bonds is 4. The van der Waals surface area contributed by atoms with Crippen molar-refractivity contribution in [2.45, 2.75) is 32.3 Å². The average Bonchev–Trinajstić information content (AvgIpc) is 3.01. The van der Waals surface area contributed by atoms with Gasteiger partial charge in [-0.1, -0.05) is 24.2 Å². The molecule has 0 bridgehead atoms. The summed E-state index contributed by atoms with van der Waals surface area (Å²) >= 11 is 0. The van der Waals surface area contributed by atoms with E-state index >= 15 is 0 Å². The molecule has 0 aliphatic carbocycles. The lowest BCUT2D eigenvalue weighted by molar-refractivity contribution is -0.158. The molecule has 0 saturated heterocycles. The smallest absolute Gasteiger partial charge is 0.331 e. The molecule has 0 radical (unpaired) electrons. The van der Waals surface area contributed by atoms with Gasteiger partial charge in [-0.15, -0.1) is 0 Å². The van der Waals surface area contributed by atoms with E-state index in [9.17, 15) is 9.59 Å². The van der Waals surface area contributed by atoms with Gasteiger partial charge in [-0.2, -0.15) is 10.7 Å². The molecule has 1 aromatic carbocycles. The highest BCUT2D eigenvalue weighted by Gasteiger charge is 2.25. The Morgan fingerprint density at radius 1 is 1.45 bits per heavy atom. The van der Waals surface area contributed by atoms with E-state index in [0.717, 1.165) is 5.56 Å². The van der Waals surface area contributed by atoms with E-state index in [4.69, 9.17) is 10.1 Å². The minimum atomic E-state index is -0.504. The van der Waals surface area contributed by atoms with Gasteiger partial charge in [-0.25, -0.2) is 4.79 Å². The Bertz CT molecular complexity index is 631. The van der Waals surface area contributed by atoms with E-state index in [0.29, 0.717) is 17.7 Å². The molecule has 1 atom stereocenters. The fraction of sp³-hybridized carbons (Fsp3) is 0.333. The summed E-state index contributed by atoms with van der Waals surface area (Å²) in [6, 6.07) is 9.00. The van der Waals surface area contributed by atoms with Crippen LogP contribution in [-0.2, 0) is 19.3 Å². The number of oxime groups is 1. The maximum Gasteiger partial charge on any atom is 0.331 e. The minimum Gasteiger partial charge on any atom is -0.391 e. The number of nitrogens with one attached hydrogen (secondary N) is 1. The molecule has 1 aliphatic heterocycles. The molecule has 0 fully saturated rings. The zero-order valence-electron chi connectivity index (χ0n) is 12.0. The summed E-state index contributed by atoms with van der Waals surface area (Å²) in [5, 5.41) is 12.7. The van der Waals surface area contributed by atoms with E-state index in [1.165, 1.54) is 0 Å². The lowest BCUT2D eigenvalue weighted by Gasteiger charge is -2.08. The van der Waals surface area contributed by atoms with Crippen LogP contribution in [0.2, 0.25) is 0 Å². The van der Waals surface area contributed by atoms with E-state index < -0.39 is 18.0 Å². The number of hydrogen-bond acceptors (Lipinski definition) is 6. The zero-order valence-corrected chi connectivity index (χ0v) is 12.0. The Morgan fingerprint density at radius 2 is 2.18 bits per heavy atom. The molecule has 1 heterocycles. The van der Waals surface area contributed by atoms with Crippen LogP contribution in [0.3, 0.4) is 0 Å². The quantitative estimate of drug-likeness (QED) is 0.848. The Morgan fingerprint density at radius 3 is 2.82 bits per heavy atom. The fourth-order valence-corrected chi connectivity index (χ4v) is 1.88. The number of carbonyl (C=O) groups is 2. The molecule has 2 rings (SSSR count). The SMILES string of the molecule is CCC(=O)ONC(=O)CC1CC(c2ccc(C#N)cc2)=NO1. The minimum absolute atomic E-state index is 0.0419. The number of nitriles is 1. The molecule has 0 saturated carbocycles. The lowest BCUT2D eigenvalue weighted by atomic mass is 10.0.